The molecular weight excluding hydrogens is 314 g/mol. The lowest BCUT2D eigenvalue weighted by Gasteiger charge is -2.57. The highest BCUT2D eigenvalue weighted by Crippen LogP contribution is 2.67. The quantitative estimate of drug-likeness (QED) is 0.869. The van der Waals surface area contributed by atoms with Gasteiger partial charge in [-0.3, -0.25) is 5.10 Å². The Labute approximate surface area is 147 Å². The third-order valence-electron chi connectivity index (χ3n) is 7.37. The van der Waals surface area contributed by atoms with E-state index < -0.39 is 0 Å². The monoisotopic (exact) mass is 337 g/mol. The third kappa shape index (κ3) is 1.44. The molecule has 3 heterocycles. The van der Waals surface area contributed by atoms with Crippen LogP contribution >= 0.6 is 0 Å². The summed E-state index contributed by atoms with van der Waals surface area (Å²) >= 11 is 0. The molecule has 0 radical (unpaired) electrons. The van der Waals surface area contributed by atoms with E-state index in [0.717, 1.165) is 43.0 Å². The highest BCUT2D eigenvalue weighted by molar-refractivity contribution is 5.62. The van der Waals surface area contributed by atoms with Crippen LogP contribution in [0.5, 0.6) is 11.5 Å². The van der Waals surface area contributed by atoms with Gasteiger partial charge in [0.2, 0.25) is 0 Å². The normalized spacial score (nSPS) is 34.3. The molecule has 2 bridgehead atoms. The number of aromatic nitrogens is 2. The highest BCUT2D eigenvalue weighted by Gasteiger charge is 2.65. The van der Waals surface area contributed by atoms with Gasteiger partial charge in [0, 0.05) is 28.3 Å². The molecule has 0 saturated carbocycles. The molecule has 2 aliphatic heterocycles. The van der Waals surface area contributed by atoms with Crippen LogP contribution < -0.4 is 9.47 Å². The second-order valence-electron chi connectivity index (χ2n) is 8.19. The average molecular weight is 337 g/mol. The van der Waals surface area contributed by atoms with Gasteiger partial charge in [-0.2, -0.15) is 5.10 Å². The molecule has 0 amide bonds. The van der Waals surface area contributed by atoms with Gasteiger partial charge in [-0.25, -0.2) is 0 Å². The number of nitrogens with zero attached hydrogens (tertiary/aromatic N) is 2. The average Bonchev–Trinajstić information content (AvgIpc) is 3.15. The predicted molar refractivity (Wildman–Crippen MR) is 93.3 cm³/mol. The molecule has 2 aliphatic carbocycles. The van der Waals surface area contributed by atoms with Gasteiger partial charge in [0.25, 0.3) is 0 Å². The molecule has 4 atom stereocenters. The van der Waals surface area contributed by atoms with Crippen molar-refractivity contribution < 1.29 is 9.47 Å². The van der Waals surface area contributed by atoms with Gasteiger partial charge >= 0.3 is 0 Å². The first-order valence-corrected chi connectivity index (χ1v) is 9.26. The van der Waals surface area contributed by atoms with Crippen molar-refractivity contribution in [1.82, 2.24) is 15.1 Å². The number of hydrogen-bond acceptors (Lipinski definition) is 4. The van der Waals surface area contributed by atoms with Crippen molar-refractivity contribution in [2.75, 3.05) is 20.7 Å². The fraction of sp³-hybridized carbons (Fsp3) is 0.550. The zero-order valence-corrected chi connectivity index (χ0v) is 14.9. The van der Waals surface area contributed by atoms with E-state index in [-0.39, 0.29) is 11.5 Å². The fourth-order valence-electron chi connectivity index (χ4n) is 6.22. The van der Waals surface area contributed by atoms with Crippen LogP contribution in [0.2, 0.25) is 0 Å². The van der Waals surface area contributed by atoms with Crippen molar-refractivity contribution in [3.8, 4) is 11.5 Å². The van der Waals surface area contributed by atoms with Gasteiger partial charge in [-0.15, -0.1) is 0 Å². The summed E-state index contributed by atoms with van der Waals surface area (Å²) in [5, 5.41) is 7.90. The highest BCUT2D eigenvalue weighted by atomic mass is 16.5. The van der Waals surface area contributed by atoms with Crippen LogP contribution in [0, 0.1) is 12.8 Å². The number of hydrogen-bond donors (Lipinski definition) is 1. The molecule has 4 aliphatic rings. The van der Waals surface area contributed by atoms with Crippen LogP contribution in [0.4, 0.5) is 0 Å². The Balaban J connectivity index is 1.69. The lowest BCUT2D eigenvalue weighted by Crippen LogP contribution is -2.62. The largest absolute Gasteiger partial charge is 0.493 e. The summed E-state index contributed by atoms with van der Waals surface area (Å²) in [5.41, 5.74) is 6.63. The molecule has 6 rings (SSSR count). The molecule has 1 fully saturated rings. The molecule has 1 N–H and O–H groups in total. The Morgan fingerprint density at radius 2 is 2.24 bits per heavy atom. The number of methoxy groups -OCH3 is 1. The minimum absolute atomic E-state index is 0.0211. The van der Waals surface area contributed by atoms with Crippen LogP contribution in [0.25, 0.3) is 0 Å². The number of fused-ring (bicyclic) bond motifs is 2. The number of likely N-dealkylation sites (N-methyl/N-ethyl adjacent to an activating group) is 1. The van der Waals surface area contributed by atoms with Gasteiger partial charge in [0.05, 0.1) is 7.11 Å². The Morgan fingerprint density at radius 3 is 3.08 bits per heavy atom. The first-order chi connectivity index (χ1) is 12.1. The van der Waals surface area contributed by atoms with E-state index in [9.17, 15) is 0 Å². The minimum Gasteiger partial charge on any atom is -0.493 e. The summed E-state index contributed by atoms with van der Waals surface area (Å²) < 4.78 is 12.3. The zero-order valence-electron chi connectivity index (χ0n) is 14.9. The third-order valence-corrected chi connectivity index (χ3v) is 7.37. The molecular formula is C20H23N3O2. The maximum Gasteiger partial charge on any atom is 0.166 e. The van der Waals surface area contributed by atoms with E-state index in [1.165, 1.54) is 22.4 Å². The molecule has 5 heteroatoms. The van der Waals surface area contributed by atoms with Crippen molar-refractivity contribution >= 4 is 0 Å². The lowest BCUT2D eigenvalue weighted by atomic mass is 9.51. The standard InChI is InChI=1S/C20H23N3O2/c1-10-12-9-13-14-8-11-4-5-15(24-3)18-16(11)20(13,6-7-23(14)2)19(25-18)17(12)22-21-10/h4-5,13-14,19H,6-9H2,1-3H3,(H,21,22)/t13-,14+,19-,20-/m0/s1. The van der Waals surface area contributed by atoms with Crippen LogP contribution in [-0.2, 0) is 18.3 Å². The SMILES string of the molecule is COc1ccc2c3c1O[C@H]1c4n[nH]c(C)c4C[C@H]4[C@@H](C2)N(C)CC[C@]314. The maximum absolute atomic E-state index is 6.65. The second-order valence-corrected chi connectivity index (χ2v) is 8.19. The number of piperidine rings is 1. The summed E-state index contributed by atoms with van der Waals surface area (Å²) in [6, 6.07) is 4.92. The van der Waals surface area contributed by atoms with Crippen molar-refractivity contribution in [1.29, 1.82) is 0 Å². The maximum atomic E-state index is 6.65. The Bertz CT molecular complexity index is 905. The van der Waals surface area contributed by atoms with Gasteiger partial charge in [0.15, 0.2) is 17.6 Å². The summed E-state index contributed by atoms with van der Waals surface area (Å²) in [7, 11) is 4.03. The molecule has 25 heavy (non-hydrogen) atoms. The number of ether oxygens (including phenoxy) is 2. The van der Waals surface area contributed by atoms with Crippen molar-refractivity contribution in [2.24, 2.45) is 5.92 Å². The Kier molecular flexibility index (Phi) is 2.49. The molecule has 1 saturated heterocycles. The molecule has 5 nitrogen and oxygen atoms in total. The second kappa shape index (κ2) is 4.39. The number of benzene rings is 1. The van der Waals surface area contributed by atoms with E-state index in [1.807, 2.05) is 0 Å². The molecule has 130 valence electrons. The number of aromatic amines is 1. The minimum atomic E-state index is 0.0211. The predicted octanol–water partition coefficient (Wildman–Crippen LogP) is 2.53. The van der Waals surface area contributed by atoms with Gasteiger partial charge < -0.3 is 14.4 Å². The smallest absolute Gasteiger partial charge is 0.166 e. The lowest BCUT2D eigenvalue weighted by molar-refractivity contribution is -0.0257. The van der Waals surface area contributed by atoms with Crippen LogP contribution in [0.15, 0.2) is 12.1 Å². The van der Waals surface area contributed by atoms with Crippen molar-refractivity contribution in [2.45, 2.75) is 43.7 Å². The van der Waals surface area contributed by atoms with E-state index in [2.05, 4.69) is 41.2 Å². The Morgan fingerprint density at radius 1 is 1.36 bits per heavy atom. The number of likely N-dealkylation sites (tertiary alicyclic amines) is 1. The van der Waals surface area contributed by atoms with Gasteiger partial charge in [0.1, 0.15) is 5.69 Å². The Hall–Kier alpha value is -2.01. The van der Waals surface area contributed by atoms with Gasteiger partial charge in [-0.05, 0) is 57.3 Å². The van der Waals surface area contributed by atoms with Crippen LogP contribution in [0.3, 0.4) is 0 Å². The number of rotatable bonds is 1. The van der Waals surface area contributed by atoms with Crippen molar-refractivity contribution in [3.05, 3.63) is 40.2 Å². The molecule has 2 aromatic rings. The van der Waals surface area contributed by atoms with E-state index >= 15 is 0 Å². The van der Waals surface area contributed by atoms with E-state index in [1.54, 1.807) is 7.11 Å². The van der Waals surface area contributed by atoms with Crippen LogP contribution in [-0.4, -0.2) is 41.8 Å². The summed E-state index contributed by atoms with van der Waals surface area (Å²) in [6.07, 6.45) is 3.36. The molecule has 1 aromatic heterocycles. The molecule has 1 aromatic carbocycles. The van der Waals surface area contributed by atoms with Crippen molar-refractivity contribution in [3.63, 3.8) is 0 Å². The summed E-state index contributed by atoms with van der Waals surface area (Å²) in [4.78, 5) is 2.57. The summed E-state index contributed by atoms with van der Waals surface area (Å²) in [5.74, 6) is 2.43. The van der Waals surface area contributed by atoms with E-state index in [0.29, 0.717) is 12.0 Å². The van der Waals surface area contributed by atoms with Crippen LogP contribution in [0.1, 0.15) is 40.6 Å². The van der Waals surface area contributed by atoms with E-state index in [4.69, 9.17) is 9.47 Å². The topological polar surface area (TPSA) is 50.4 Å². The summed E-state index contributed by atoms with van der Waals surface area (Å²) in [6.45, 7) is 3.26. The number of nitrogens with one attached hydrogen (secondary N) is 1. The van der Waals surface area contributed by atoms with Gasteiger partial charge in [-0.1, -0.05) is 6.07 Å². The molecule has 1 spiro atoms. The molecule has 0 unspecified atom stereocenters. The first-order valence-electron chi connectivity index (χ1n) is 9.26. The first kappa shape index (κ1) is 14.2. The zero-order chi connectivity index (χ0) is 16.9. The number of H-pyrrole nitrogens is 1. The number of aryl methyl sites for hydroxylation is 1. The fourth-order valence-corrected chi connectivity index (χ4v) is 6.22.